The van der Waals surface area contributed by atoms with Crippen LogP contribution < -0.4 is 55.9 Å². The fraction of sp³-hybridized carbons (Fsp3) is 0.163. The van der Waals surface area contributed by atoms with Crippen LogP contribution in [0.3, 0.4) is 0 Å². The van der Waals surface area contributed by atoms with Crippen LogP contribution in [0.15, 0.2) is 198 Å². The number of aryl methyl sites for hydroxylation is 2. The number of anilines is 4. The Kier molecular flexibility index (Phi) is 32.6. The number of amides is 2. The summed E-state index contributed by atoms with van der Waals surface area (Å²) in [5.74, 6) is -10.4. The molecular weight excluding hydrogens is 1830 g/mol. The van der Waals surface area contributed by atoms with Gasteiger partial charge in [0, 0.05) is 73.0 Å². The van der Waals surface area contributed by atoms with Gasteiger partial charge in [-0.1, -0.05) is 59.1 Å². The first-order valence-electron chi connectivity index (χ1n) is 37.7. The van der Waals surface area contributed by atoms with Crippen molar-refractivity contribution in [1.29, 1.82) is 5.26 Å². The molecule has 0 unspecified atom stereocenters. The fourth-order valence-corrected chi connectivity index (χ4v) is 12.4. The van der Waals surface area contributed by atoms with Crippen molar-refractivity contribution in [3.8, 4) is 62.4 Å². The zero-order valence-electron chi connectivity index (χ0n) is 68.9. The second-order valence-electron chi connectivity index (χ2n) is 28.6. The minimum Gasteiger partial charge on any atom is -0.478 e. The average molecular weight is 1900 g/mol. The second kappa shape index (κ2) is 42.4. The van der Waals surface area contributed by atoms with Crippen LogP contribution in [0.4, 0.5) is 93.5 Å². The Balaban J connectivity index is 0.000000185. The van der Waals surface area contributed by atoms with Gasteiger partial charge in [0.25, 0.3) is 11.8 Å². The molecule has 46 heteroatoms. The zero-order chi connectivity index (χ0) is 97.6. The van der Waals surface area contributed by atoms with Crippen molar-refractivity contribution in [2.45, 2.75) is 77.1 Å². The van der Waals surface area contributed by atoms with Crippen LogP contribution in [0.2, 0.25) is 15.5 Å². The molecular formula is C86H68BCl3F16N18O8. The van der Waals surface area contributed by atoms with Gasteiger partial charge in [-0.2, -0.15) is 44.8 Å². The van der Waals surface area contributed by atoms with Gasteiger partial charge >= 0.3 is 31.6 Å². The summed E-state index contributed by atoms with van der Waals surface area (Å²) in [5, 5.41) is 21.5. The maximum atomic E-state index is 14.2. The van der Waals surface area contributed by atoms with Crippen LogP contribution in [0, 0.1) is 52.1 Å². The molecule has 26 nitrogen and oxygen atoms in total. The molecule has 6 aromatic heterocycles. The number of nitrogens with one attached hydrogen (secondary N) is 2. The van der Waals surface area contributed by atoms with E-state index in [2.05, 4.69) is 50.5 Å². The van der Waals surface area contributed by atoms with E-state index >= 15 is 0 Å². The van der Waals surface area contributed by atoms with E-state index in [0.717, 1.165) is 35.8 Å². The lowest BCUT2D eigenvalue weighted by Crippen LogP contribution is -2.41. The van der Waals surface area contributed by atoms with Gasteiger partial charge in [0.05, 0.1) is 69.2 Å². The van der Waals surface area contributed by atoms with Crippen LogP contribution >= 0.6 is 34.8 Å². The number of nitriles is 1. The number of carbonyl (C=O) groups is 3. The number of aromatic nitrogens is 10. The molecule has 0 saturated carbocycles. The summed E-state index contributed by atoms with van der Waals surface area (Å²) in [6, 6.07) is 36.1. The van der Waals surface area contributed by atoms with Crippen LogP contribution in [0.5, 0.6) is 0 Å². The Hall–Kier alpha value is -14.4. The SMILES string of the molecule is Cn1cc(-c2nc(CNC(=O)c3c(F)cccc3C(F)(F)F)c(N)nc2-c2ccc(F)cc2)ccc1=O.Cn1cc(B2OC(C)(C)C(C)(C)O2)ccc1=O.N#Cc1nc(Cl)c(-c2ccc(F)cc2)nc1N.NCc1nc(Cl)c(-c2ccc(F)cc2)nc1N.Nc1nc(-c2ccc(F)cc2)c(Cl)nc1CNC(=O)c1c(F)cccc1C(F)(F)F.O=C(O)c1c(F)cccc1C(F)(F)F. The van der Waals surface area contributed by atoms with Gasteiger partial charge in [0.1, 0.15) is 98.3 Å². The van der Waals surface area contributed by atoms with E-state index in [1.807, 2.05) is 27.7 Å². The number of nitrogen functional groups attached to an aromatic ring is 4. The highest BCUT2D eigenvalue weighted by molar-refractivity contribution is 6.62. The quantitative estimate of drug-likeness (QED) is 0.0370. The number of carboxylic acids is 1. The lowest BCUT2D eigenvalue weighted by atomic mass is 9.80. The van der Waals surface area contributed by atoms with Crippen LogP contribution in [0.25, 0.3) is 56.3 Å². The fourth-order valence-electron chi connectivity index (χ4n) is 11.6. The summed E-state index contributed by atoms with van der Waals surface area (Å²) < 4.78 is 223. The van der Waals surface area contributed by atoms with Crippen molar-refractivity contribution < 1.29 is 99.0 Å². The Morgan fingerprint density at radius 3 is 1.10 bits per heavy atom. The third kappa shape index (κ3) is 25.4. The van der Waals surface area contributed by atoms with E-state index in [1.165, 1.54) is 126 Å². The first kappa shape index (κ1) is 101. The molecule has 1 saturated heterocycles. The number of benzene rings is 7. The third-order valence-electron chi connectivity index (χ3n) is 19.0. The van der Waals surface area contributed by atoms with Crippen molar-refractivity contribution >= 4 is 88.4 Å². The molecule has 132 heavy (non-hydrogen) atoms. The van der Waals surface area contributed by atoms with Crippen LogP contribution in [-0.4, -0.2) is 90.2 Å². The Morgan fingerprint density at radius 2 is 0.742 bits per heavy atom. The molecule has 0 atom stereocenters. The highest BCUT2D eigenvalue weighted by atomic mass is 35.5. The first-order chi connectivity index (χ1) is 61.8. The van der Waals surface area contributed by atoms with Gasteiger partial charge < -0.3 is 62.9 Å². The maximum Gasteiger partial charge on any atom is 0.496 e. The smallest absolute Gasteiger partial charge is 0.478 e. The van der Waals surface area contributed by atoms with Gasteiger partial charge in [-0.05, 0) is 173 Å². The van der Waals surface area contributed by atoms with Gasteiger partial charge in [0.15, 0.2) is 27.0 Å². The predicted octanol–water partition coefficient (Wildman–Crippen LogP) is 16.5. The summed E-state index contributed by atoms with van der Waals surface area (Å²) in [7, 11) is 2.82. The highest BCUT2D eigenvalue weighted by Crippen LogP contribution is 2.40. The van der Waals surface area contributed by atoms with Gasteiger partial charge in [0.2, 0.25) is 11.1 Å². The zero-order valence-corrected chi connectivity index (χ0v) is 71.2. The average Bonchev–Trinajstić information content (AvgIpc) is 1.57. The summed E-state index contributed by atoms with van der Waals surface area (Å²) in [4.78, 5) is 91.1. The Morgan fingerprint density at radius 1 is 0.432 bits per heavy atom. The molecule has 1 aliphatic rings. The number of nitrogens with two attached hydrogens (primary N) is 5. The third-order valence-corrected chi connectivity index (χ3v) is 19.8. The van der Waals surface area contributed by atoms with E-state index < -0.39 is 119 Å². The number of rotatable bonds is 14. The summed E-state index contributed by atoms with van der Waals surface area (Å²) >= 11 is 17.9. The van der Waals surface area contributed by atoms with Gasteiger partial charge in [-0.15, -0.1) is 0 Å². The standard InChI is InChI=1S/C25H18F5N5O2.C19H12ClF5N4O.C12H18BNO3.C11H10ClFN4.C11H6ClFN4.C8H4F4O2/c1-35-12-14(7-10-19(35)36)22-21(13-5-8-15(26)9-6-13)34-23(31)18(33-22)11-32-24(37)20-16(25(28,29)30)3-2-4-17(20)27;20-16-15(9-4-6-10(21)7-5-9)29-17(26)13(28-16)8-27-18(30)14-11(19(23,24)25)2-1-3-12(14)22;1-11(2)12(3,4)17-13(16-11)9-6-7-10(15)14(5)8-9;2*12-10-9(6-1-3-7(13)4-2-6)17-11(15)8(5-14)16-10;9-5-3-1-2-4(8(10,11)12)6(5)7(13)14/h2-10,12H,11H2,1H3,(H2,31,34)(H,32,37);1-7H,8H2,(H2,26,29)(H,27,30);6-8H,1-5H3;1-4H,5,14H2,(H2,15,17);1-4H,(H2,15,17);1-3H,(H,13,14). The number of pyridine rings is 2. The monoisotopic (exact) mass is 1900 g/mol. The number of hydrogen-bond acceptors (Lipinski definition) is 21. The van der Waals surface area contributed by atoms with Crippen molar-refractivity contribution in [2.24, 2.45) is 19.8 Å². The first-order valence-corrected chi connectivity index (χ1v) is 38.8. The molecule has 0 aliphatic carbocycles. The molecule has 7 heterocycles. The van der Waals surface area contributed by atoms with Crippen LogP contribution in [-0.2, 0) is 61.6 Å². The van der Waals surface area contributed by atoms with Gasteiger partial charge in [-0.25, -0.2) is 75.4 Å². The van der Waals surface area contributed by atoms with Gasteiger partial charge in [-0.3, -0.25) is 19.2 Å². The number of carboxylic acid groups (broad SMARTS) is 1. The van der Waals surface area contributed by atoms with E-state index in [4.69, 9.17) is 83.1 Å². The molecule has 1 fully saturated rings. The van der Waals surface area contributed by atoms with E-state index in [0.29, 0.717) is 69.2 Å². The Labute approximate surface area is 752 Å². The molecule has 1 aliphatic heterocycles. The Bertz CT molecular complexity index is 6610. The highest BCUT2D eigenvalue weighted by Gasteiger charge is 2.52. The second-order valence-corrected chi connectivity index (χ2v) is 29.7. The largest absolute Gasteiger partial charge is 0.496 e. The lowest BCUT2D eigenvalue weighted by Gasteiger charge is -2.32. The molecule has 7 aromatic carbocycles. The van der Waals surface area contributed by atoms with E-state index in [9.17, 15) is 94.2 Å². The minimum atomic E-state index is -4.96. The molecule has 14 rings (SSSR count). The van der Waals surface area contributed by atoms with Crippen molar-refractivity contribution in [3.63, 3.8) is 0 Å². The predicted molar refractivity (Wildman–Crippen MR) is 457 cm³/mol. The minimum absolute atomic E-state index is 0.00350. The van der Waals surface area contributed by atoms with Crippen LogP contribution in [0.1, 0.15) is 98.2 Å². The number of carbonyl (C=O) groups excluding carboxylic acids is 2. The number of nitrogens with zero attached hydrogens (tertiary/aromatic N) is 11. The van der Waals surface area contributed by atoms with Crippen molar-refractivity contribution in [2.75, 3.05) is 22.9 Å². The molecule has 0 bridgehead atoms. The molecule has 13 N–H and O–H groups in total. The number of aromatic carboxylic acids is 1. The molecule has 2 amide bonds. The van der Waals surface area contributed by atoms with Crippen molar-refractivity contribution in [3.05, 3.63) is 321 Å². The van der Waals surface area contributed by atoms with Crippen molar-refractivity contribution in [1.82, 2.24) is 59.6 Å². The normalized spacial score (nSPS) is 12.4. The number of halogens is 19. The van der Waals surface area contributed by atoms with E-state index in [1.54, 1.807) is 37.5 Å². The molecule has 13 aromatic rings. The topological polar surface area (TPSA) is 415 Å². The van der Waals surface area contributed by atoms with E-state index in [-0.39, 0.29) is 113 Å². The lowest BCUT2D eigenvalue weighted by molar-refractivity contribution is -0.139. The molecule has 0 spiro atoms. The molecule has 686 valence electrons. The molecule has 0 radical (unpaired) electrons. The summed E-state index contributed by atoms with van der Waals surface area (Å²) in [6.45, 7) is 7.27. The number of hydrogen-bond donors (Lipinski definition) is 8. The maximum absolute atomic E-state index is 14.2. The summed E-state index contributed by atoms with van der Waals surface area (Å²) in [6.07, 6.45) is -11.5. The summed E-state index contributed by atoms with van der Waals surface area (Å²) in [5.41, 5.74) is 24.6. The number of alkyl halides is 9.